The minimum Gasteiger partial charge on any atom is -0.327 e. The molecule has 1 aromatic rings. The number of anilines is 1. The molecular weight excluding hydrogens is 224 g/mol. The van der Waals surface area contributed by atoms with Crippen molar-refractivity contribution in [1.29, 1.82) is 0 Å². The Labute approximate surface area is 110 Å². The lowest BCUT2D eigenvalue weighted by Crippen LogP contribution is -2.28. The summed E-state index contributed by atoms with van der Waals surface area (Å²) in [5.41, 5.74) is 8.11. The third kappa shape index (κ3) is 4.88. The molecule has 1 atom stereocenters. The molecule has 1 rings (SSSR count). The summed E-state index contributed by atoms with van der Waals surface area (Å²) in [5.74, 6) is 0.554. The fraction of sp³-hybridized carbons (Fsp3) is 0.533. The van der Waals surface area contributed by atoms with E-state index in [1.165, 1.54) is 5.56 Å². The molecule has 1 amide bonds. The summed E-state index contributed by atoms with van der Waals surface area (Å²) in [6, 6.07) is 8.13. The van der Waals surface area contributed by atoms with Gasteiger partial charge >= 0.3 is 0 Å². The van der Waals surface area contributed by atoms with Crippen molar-refractivity contribution in [3.05, 3.63) is 29.8 Å². The lowest BCUT2D eigenvalue weighted by atomic mass is 9.97. The van der Waals surface area contributed by atoms with Gasteiger partial charge in [-0.25, -0.2) is 0 Å². The molecule has 0 fully saturated rings. The van der Waals surface area contributed by atoms with Crippen molar-refractivity contribution in [2.45, 2.75) is 46.1 Å². The summed E-state index contributed by atoms with van der Waals surface area (Å²) < 4.78 is 0. The molecule has 0 spiro atoms. The van der Waals surface area contributed by atoms with Gasteiger partial charge in [-0.3, -0.25) is 4.79 Å². The van der Waals surface area contributed by atoms with Crippen LogP contribution in [0.3, 0.4) is 0 Å². The Morgan fingerprint density at radius 3 is 2.39 bits per heavy atom. The molecule has 0 aliphatic rings. The summed E-state index contributed by atoms with van der Waals surface area (Å²) in [6.07, 6.45) is 2.31. The van der Waals surface area contributed by atoms with Crippen LogP contribution in [0, 0.1) is 5.92 Å². The molecular formula is C15H24N2O. The first-order chi connectivity index (χ1) is 8.52. The van der Waals surface area contributed by atoms with E-state index in [2.05, 4.69) is 19.2 Å². The number of amides is 1. The van der Waals surface area contributed by atoms with E-state index in [0.717, 1.165) is 18.5 Å². The average molecular weight is 248 g/mol. The summed E-state index contributed by atoms with van der Waals surface area (Å²) in [7, 11) is 0. The van der Waals surface area contributed by atoms with Crippen LogP contribution in [-0.2, 0) is 11.2 Å². The molecule has 100 valence electrons. The van der Waals surface area contributed by atoms with E-state index in [9.17, 15) is 4.79 Å². The lowest BCUT2D eigenvalue weighted by Gasteiger charge is -2.15. The SMILES string of the molecule is CCCC(=O)Nc1ccc(CC(N)C(C)C)cc1. The largest absolute Gasteiger partial charge is 0.327 e. The summed E-state index contributed by atoms with van der Waals surface area (Å²) in [6.45, 7) is 6.25. The third-order valence-corrected chi connectivity index (χ3v) is 3.04. The molecule has 0 heterocycles. The second kappa shape index (κ2) is 7.17. The number of rotatable bonds is 6. The van der Waals surface area contributed by atoms with Crippen molar-refractivity contribution in [3.63, 3.8) is 0 Å². The van der Waals surface area contributed by atoms with Gasteiger partial charge in [-0.1, -0.05) is 32.9 Å². The number of carbonyl (C=O) groups is 1. The first kappa shape index (κ1) is 14.7. The van der Waals surface area contributed by atoms with Crippen LogP contribution in [-0.4, -0.2) is 11.9 Å². The van der Waals surface area contributed by atoms with Crippen molar-refractivity contribution in [3.8, 4) is 0 Å². The highest BCUT2D eigenvalue weighted by atomic mass is 16.1. The molecule has 0 radical (unpaired) electrons. The van der Waals surface area contributed by atoms with Crippen molar-refractivity contribution in [1.82, 2.24) is 0 Å². The normalized spacial score (nSPS) is 12.5. The lowest BCUT2D eigenvalue weighted by molar-refractivity contribution is -0.116. The second-order valence-electron chi connectivity index (χ2n) is 5.11. The van der Waals surface area contributed by atoms with E-state index >= 15 is 0 Å². The van der Waals surface area contributed by atoms with Crippen LogP contribution >= 0.6 is 0 Å². The Balaban J connectivity index is 2.54. The maximum Gasteiger partial charge on any atom is 0.224 e. The monoisotopic (exact) mass is 248 g/mol. The van der Waals surface area contributed by atoms with Crippen LogP contribution < -0.4 is 11.1 Å². The molecule has 18 heavy (non-hydrogen) atoms. The van der Waals surface area contributed by atoms with Gasteiger partial charge in [0.25, 0.3) is 0 Å². The zero-order valence-electron chi connectivity index (χ0n) is 11.6. The van der Waals surface area contributed by atoms with E-state index in [1.807, 2.05) is 31.2 Å². The molecule has 0 aliphatic heterocycles. The Bertz CT molecular complexity index is 371. The molecule has 0 saturated carbocycles. The number of hydrogen-bond donors (Lipinski definition) is 2. The van der Waals surface area contributed by atoms with Crippen LogP contribution in [0.25, 0.3) is 0 Å². The zero-order valence-corrected chi connectivity index (χ0v) is 11.6. The Kier molecular flexibility index (Phi) is 5.86. The molecule has 0 aromatic heterocycles. The highest BCUT2D eigenvalue weighted by Crippen LogP contribution is 2.13. The van der Waals surface area contributed by atoms with Gasteiger partial charge < -0.3 is 11.1 Å². The molecule has 0 saturated heterocycles. The second-order valence-corrected chi connectivity index (χ2v) is 5.11. The zero-order chi connectivity index (χ0) is 13.5. The standard InChI is InChI=1S/C15H24N2O/c1-4-5-15(18)17-13-8-6-12(7-9-13)10-14(16)11(2)3/h6-9,11,14H,4-5,10,16H2,1-3H3,(H,17,18). The van der Waals surface area contributed by atoms with Crippen LogP contribution in [0.5, 0.6) is 0 Å². The Morgan fingerprint density at radius 1 is 1.28 bits per heavy atom. The van der Waals surface area contributed by atoms with Gasteiger partial charge in [0.05, 0.1) is 0 Å². The van der Waals surface area contributed by atoms with Crippen LogP contribution in [0.1, 0.15) is 39.2 Å². The van der Waals surface area contributed by atoms with Gasteiger partial charge in [0.2, 0.25) is 5.91 Å². The van der Waals surface area contributed by atoms with Gasteiger partial charge in [0.1, 0.15) is 0 Å². The fourth-order valence-corrected chi connectivity index (χ4v) is 1.68. The highest BCUT2D eigenvalue weighted by Gasteiger charge is 2.08. The van der Waals surface area contributed by atoms with Crippen molar-refractivity contribution in [2.75, 3.05) is 5.32 Å². The van der Waals surface area contributed by atoms with Crippen LogP contribution in [0.2, 0.25) is 0 Å². The minimum absolute atomic E-state index is 0.0733. The summed E-state index contributed by atoms with van der Waals surface area (Å²) >= 11 is 0. The molecule has 3 nitrogen and oxygen atoms in total. The quantitative estimate of drug-likeness (QED) is 0.813. The topological polar surface area (TPSA) is 55.1 Å². The van der Waals surface area contributed by atoms with E-state index < -0.39 is 0 Å². The summed E-state index contributed by atoms with van der Waals surface area (Å²) in [4.78, 5) is 11.4. The van der Waals surface area contributed by atoms with E-state index in [-0.39, 0.29) is 11.9 Å². The average Bonchev–Trinajstić information content (AvgIpc) is 2.31. The van der Waals surface area contributed by atoms with Crippen LogP contribution in [0.4, 0.5) is 5.69 Å². The van der Waals surface area contributed by atoms with Gasteiger partial charge in [-0.05, 0) is 36.5 Å². The minimum atomic E-state index is 0.0733. The van der Waals surface area contributed by atoms with E-state index in [1.54, 1.807) is 0 Å². The first-order valence-electron chi connectivity index (χ1n) is 6.67. The Morgan fingerprint density at radius 2 is 1.89 bits per heavy atom. The highest BCUT2D eigenvalue weighted by molar-refractivity contribution is 5.90. The molecule has 1 unspecified atom stereocenters. The van der Waals surface area contributed by atoms with Gasteiger partial charge in [0.15, 0.2) is 0 Å². The molecule has 3 N–H and O–H groups in total. The Hall–Kier alpha value is -1.35. The van der Waals surface area contributed by atoms with Gasteiger partial charge in [0, 0.05) is 18.2 Å². The maximum atomic E-state index is 11.4. The van der Waals surface area contributed by atoms with Gasteiger partial charge in [-0.15, -0.1) is 0 Å². The molecule has 0 bridgehead atoms. The fourth-order valence-electron chi connectivity index (χ4n) is 1.68. The van der Waals surface area contributed by atoms with Crippen molar-refractivity contribution >= 4 is 11.6 Å². The van der Waals surface area contributed by atoms with E-state index in [0.29, 0.717) is 12.3 Å². The summed E-state index contributed by atoms with van der Waals surface area (Å²) in [5, 5.41) is 2.88. The predicted molar refractivity (Wildman–Crippen MR) is 76.5 cm³/mol. The number of carbonyl (C=O) groups excluding carboxylic acids is 1. The van der Waals surface area contributed by atoms with Crippen molar-refractivity contribution in [2.24, 2.45) is 11.7 Å². The number of nitrogens with two attached hydrogens (primary N) is 1. The van der Waals surface area contributed by atoms with Crippen molar-refractivity contribution < 1.29 is 4.79 Å². The van der Waals surface area contributed by atoms with Gasteiger partial charge in [-0.2, -0.15) is 0 Å². The third-order valence-electron chi connectivity index (χ3n) is 3.04. The van der Waals surface area contributed by atoms with E-state index in [4.69, 9.17) is 5.73 Å². The van der Waals surface area contributed by atoms with Crippen LogP contribution in [0.15, 0.2) is 24.3 Å². The number of hydrogen-bond acceptors (Lipinski definition) is 2. The number of benzene rings is 1. The smallest absolute Gasteiger partial charge is 0.224 e. The molecule has 0 aliphatic carbocycles. The molecule has 1 aromatic carbocycles. The predicted octanol–water partition coefficient (Wildman–Crippen LogP) is 2.95. The maximum absolute atomic E-state index is 11.4. The number of nitrogens with one attached hydrogen (secondary N) is 1. The first-order valence-corrected chi connectivity index (χ1v) is 6.67. The molecule has 3 heteroatoms.